The van der Waals surface area contributed by atoms with Gasteiger partial charge in [0.2, 0.25) is 0 Å². The van der Waals surface area contributed by atoms with E-state index in [1.54, 1.807) is 7.05 Å². The highest BCUT2D eigenvalue weighted by atomic mass is 127. The lowest BCUT2D eigenvalue weighted by Gasteiger charge is -2.21. The minimum absolute atomic E-state index is 0. The van der Waals surface area contributed by atoms with E-state index >= 15 is 0 Å². The van der Waals surface area contributed by atoms with E-state index in [0.717, 1.165) is 25.5 Å². The van der Waals surface area contributed by atoms with Gasteiger partial charge in [0.1, 0.15) is 0 Å². The van der Waals surface area contributed by atoms with Crippen LogP contribution in [-0.4, -0.2) is 38.8 Å². The fraction of sp³-hybridized carbons (Fsp3) is 0.769. The Morgan fingerprint density at radius 1 is 1.39 bits per heavy atom. The summed E-state index contributed by atoms with van der Waals surface area (Å²) in [7, 11) is 1.73. The Labute approximate surface area is 128 Å². The molecule has 106 valence electrons. The van der Waals surface area contributed by atoms with E-state index in [-0.39, 0.29) is 24.0 Å². The van der Waals surface area contributed by atoms with Crippen LogP contribution in [0.25, 0.3) is 0 Å². The van der Waals surface area contributed by atoms with Crippen molar-refractivity contribution in [1.82, 2.24) is 10.6 Å². The Hall–Kier alpha value is -0.480. The molecule has 0 aromatic carbocycles. The van der Waals surface area contributed by atoms with Crippen LogP contribution >= 0.6 is 24.0 Å². The lowest BCUT2D eigenvalue weighted by molar-refractivity contribution is 0.0258. The van der Waals surface area contributed by atoms with Crippen LogP contribution in [0.3, 0.4) is 0 Å². The quantitative estimate of drug-likeness (QED) is 0.313. The number of aliphatic imine (C=N–C) groups is 1. The summed E-state index contributed by atoms with van der Waals surface area (Å²) >= 11 is 0. The summed E-state index contributed by atoms with van der Waals surface area (Å²) in [4.78, 5) is 4.07. The second kappa shape index (κ2) is 13.0. The van der Waals surface area contributed by atoms with Gasteiger partial charge in [0.05, 0.1) is 12.6 Å². The van der Waals surface area contributed by atoms with Crippen LogP contribution in [0, 0.1) is 18.3 Å². The molecule has 4 nitrogen and oxygen atoms in total. The molecule has 0 aliphatic heterocycles. The van der Waals surface area contributed by atoms with E-state index in [1.807, 2.05) is 6.92 Å². The number of terminal acetylenes is 1. The molecule has 0 amide bonds. The van der Waals surface area contributed by atoms with Crippen molar-refractivity contribution in [3.8, 4) is 12.3 Å². The van der Waals surface area contributed by atoms with Crippen molar-refractivity contribution in [2.24, 2.45) is 10.9 Å². The number of hydrogen-bond acceptors (Lipinski definition) is 2. The minimum Gasteiger partial charge on any atom is -0.378 e. The summed E-state index contributed by atoms with van der Waals surface area (Å²) in [5, 5.41) is 6.23. The normalized spacial score (nSPS) is 12.6. The lowest BCUT2D eigenvalue weighted by Crippen LogP contribution is -2.39. The molecular weight excluding hydrogens is 341 g/mol. The lowest BCUT2D eigenvalue weighted by atomic mass is 10.0. The maximum Gasteiger partial charge on any atom is 0.191 e. The Balaban J connectivity index is 0. The average molecular weight is 367 g/mol. The molecule has 0 radical (unpaired) electrons. The molecule has 0 aliphatic rings. The van der Waals surface area contributed by atoms with Crippen molar-refractivity contribution in [2.45, 2.75) is 33.3 Å². The summed E-state index contributed by atoms with van der Waals surface area (Å²) in [6.45, 7) is 8.44. The molecule has 0 saturated heterocycles. The maximum absolute atomic E-state index is 5.67. The number of nitrogens with one attached hydrogen (secondary N) is 2. The number of ether oxygens (including phenoxy) is 1. The SMILES string of the molecule is C#CCNC(=NC)NCCC(OCC)C(C)C.I. The smallest absolute Gasteiger partial charge is 0.191 e. The summed E-state index contributed by atoms with van der Waals surface area (Å²) in [6, 6.07) is 0. The van der Waals surface area contributed by atoms with E-state index in [2.05, 4.69) is 35.4 Å². The van der Waals surface area contributed by atoms with E-state index in [4.69, 9.17) is 11.2 Å². The largest absolute Gasteiger partial charge is 0.378 e. The van der Waals surface area contributed by atoms with Gasteiger partial charge in [-0.2, -0.15) is 0 Å². The zero-order valence-electron chi connectivity index (χ0n) is 11.8. The van der Waals surface area contributed by atoms with Gasteiger partial charge >= 0.3 is 0 Å². The van der Waals surface area contributed by atoms with Crippen molar-refractivity contribution in [3.63, 3.8) is 0 Å². The zero-order chi connectivity index (χ0) is 13.1. The third-order valence-electron chi connectivity index (χ3n) is 2.43. The van der Waals surface area contributed by atoms with Crippen LogP contribution in [0.5, 0.6) is 0 Å². The number of rotatable bonds is 7. The molecule has 0 aromatic heterocycles. The average Bonchev–Trinajstić information content (AvgIpc) is 2.31. The molecule has 0 heterocycles. The first kappa shape index (κ1) is 19.9. The fourth-order valence-electron chi connectivity index (χ4n) is 1.51. The highest BCUT2D eigenvalue weighted by Crippen LogP contribution is 2.09. The van der Waals surface area contributed by atoms with Crippen LogP contribution < -0.4 is 10.6 Å². The molecule has 5 heteroatoms. The van der Waals surface area contributed by atoms with Crippen molar-refractivity contribution in [1.29, 1.82) is 0 Å². The van der Waals surface area contributed by atoms with Crippen molar-refractivity contribution >= 4 is 29.9 Å². The van der Waals surface area contributed by atoms with Crippen molar-refractivity contribution in [2.75, 3.05) is 26.7 Å². The first-order valence-electron chi connectivity index (χ1n) is 6.15. The van der Waals surface area contributed by atoms with Crippen molar-refractivity contribution < 1.29 is 4.74 Å². The molecule has 1 unspecified atom stereocenters. The summed E-state index contributed by atoms with van der Waals surface area (Å²) in [5.41, 5.74) is 0. The number of nitrogens with zero attached hydrogens (tertiary/aromatic N) is 1. The molecule has 0 aromatic rings. The Bertz CT molecular complexity index is 261. The van der Waals surface area contributed by atoms with Crippen LogP contribution in [0.4, 0.5) is 0 Å². The maximum atomic E-state index is 5.67. The monoisotopic (exact) mass is 367 g/mol. The van der Waals surface area contributed by atoms with Crippen LogP contribution in [0.1, 0.15) is 27.2 Å². The topological polar surface area (TPSA) is 45.7 Å². The second-order valence-electron chi connectivity index (χ2n) is 4.08. The van der Waals surface area contributed by atoms with Gasteiger partial charge in [-0.25, -0.2) is 0 Å². The van der Waals surface area contributed by atoms with Gasteiger partial charge in [-0.15, -0.1) is 30.4 Å². The molecule has 0 fully saturated rings. The molecule has 2 N–H and O–H groups in total. The highest BCUT2D eigenvalue weighted by molar-refractivity contribution is 14.0. The summed E-state index contributed by atoms with van der Waals surface area (Å²) in [6.07, 6.45) is 6.42. The van der Waals surface area contributed by atoms with Gasteiger partial charge < -0.3 is 15.4 Å². The number of hydrogen-bond donors (Lipinski definition) is 2. The summed E-state index contributed by atoms with van der Waals surface area (Å²) in [5.74, 6) is 3.78. The number of halogens is 1. The molecule has 0 saturated carbocycles. The summed E-state index contributed by atoms with van der Waals surface area (Å²) < 4.78 is 5.67. The van der Waals surface area contributed by atoms with Gasteiger partial charge in [0, 0.05) is 20.2 Å². The molecule has 0 spiro atoms. The molecule has 0 rings (SSSR count). The molecule has 0 bridgehead atoms. The standard InChI is InChI=1S/C13H25N3O.HI/c1-6-9-15-13(14-5)16-10-8-12(11(3)4)17-7-2;/h1,11-12H,7-10H2,2-5H3,(H2,14,15,16);1H. The Kier molecular flexibility index (Phi) is 14.3. The molecule has 0 aliphatic carbocycles. The molecule has 1 atom stereocenters. The highest BCUT2D eigenvalue weighted by Gasteiger charge is 2.12. The minimum atomic E-state index is 0. The van der Waals surface area contributed by atoms with Crippen LogP contribution in [0.2, 0.25) is 0 Å². The number of guanidine groups is 1. The predicted octanol–water partition coefficient (Wildman–Crippen LogP) is 1.85. The Morgan fingerprint density at radius 2 is 2.06 bits per heavy atom. The predicted molar refractivity (Wildman–Crippen MR) is 88.5 cm³/mol. The first-order chi connectivity index (χ1) is 8.15. The van der Waals surface area contributed by atoms with Gasteiger partial charge in [-0.3, -0.25) is 4.99 Å². The van der Waals surface area contributed by atoms with E-state index in [0.29, 0.717) is 18.6 Å². The van der Waals surface area contributed by atoms with E-state index in [1.165, 1.54) is 0 Å². The second-order valence-corrected chi connectivity index (χ2v) is 4.08. The zero-order valence-corrected chi connectivity index (χ0v) is 14.2. The fourth-order valence-corrected chi connectivity index (χ4v) is 1.51. The first-order valence-corrected chi connectivity index (χ1v) is 6.15. The third kappa shape index (κ3) is 9.54. The van der Waals surface area contributed by atoms with Crippen molar-refractivity contribution in [3.05, 3.63) is 0 Å². The molecular formula is C13H26IN3O. The van der Waals surface area contributed by atoms with E-state index in [9.17, 15) is 0 Å². The van der Waals surface area contributed by atoms with E-state index < -0.39 is 0 Å². The van der Waals surface area contributed by atoms with Gasteiger partial charge in [0.25, 0.3) is 0 Å². The van der Waals surface area contributed by atoms with Gasteiger partial charge in [-0.1, -0.05) is 19.8 Å². The van der Waals surface area contributed by atoms with Crippen LogP contribution in [-0.2, 0) is 4.74 Å². The van der Waals surface area contributed by atoms with Crippen LogP contribution in [0.15, 0.2) is 4.99 Å². The van der Waals surface area contributed by atoms with Gasteiger partial charge in [0.15, 0.2) is 5.96 Å². The third-order valence-corrected chi connectivity index (χ3v) is 2.43. The molecule has 18 heavy (non-hydrogen) atoms. The van der Waals surface area contributed by atoms with Gasteiger partial charge in [-0.05, 0) is 19.3 Å². The Morgan fingerprint density at radius 3 is 2.50 bits per heavy atom.